The van der Waals surface area contributed by atoms with Crippen LogP contribution < -0.4 is 14.2 Å². The molecule has 2 heterocycles. The minimum Gasteiger partial charge on any atom is -0.493 e. The van der Waals surface area contributed by atoms with Gasteiger partial charge in [-0.1, -0.05) is 38.3 Å². The van der Waals surface area contributed by atoms with Crippen LogP contribution in [0.5, 0.6) is 17.2 Å². The van der Waals surface area contributed by atoms with E-state index in [2.05, 4.69) is 51.7 Å². The molecule has 1 saturated carbocycles. The highest BCUT2D eigenvalue weighted by atomic mass is 127. The Labute approximate surface area is 252 Å². The van der Waals surface area contributed by atoms with Gasteiger partial charge in [0.2, 0.25) is 5.17 Å². The molecule has 0 saturated heterocycles. The van der Waals surface area contributed by atoms with Gasteiger partial charge in [-0.3, -0.25) is 10.2 Å². The lowest BCUT2D eigenvalue weighted by Crippen LogP contribution is -2.35. The predicted molar refractivity (Wildman–Crippen MR) is 169 cm³/mol. The van der Waals surface area contributed by atoms with Crippen molar-refractivity contribution in [1.29, 1.82) is 5.41 Å². The SMILES string of the molecule is CCCC1=NN2C(=N)/C(=C/c3cc(I)c(OCCOc4ccc(C5CCCCC5)cc4)c(OC)c3)C(=O)N=C2S1. The van der Waals surface area contributed by atoms with Crippen molar-refractivity contribution in [3.8, 4) is 17.2 Å². The van der Waals surface area contributed by atoms with Crippen LogP contribution in [-0.4, -0.2) is 47.3 Å². The molecule has 3 aliphatic rings. The zero-order chi connectivity index (χ0) is 28.1. The molecule has 10 heteroatoms. The number of hydrogen-bond acceptors (Lipinski definition) is 7. The van der Waals surface area contributed by atoms with Crippen LogP contribution in [0.4, 0.5) is 0 Å². The van der Waals surface area contributed by atoms with Gasteiger partial charge in [-0.05, 0) is 107 Å². The first-order valence-electron chi connectivity index (χ1n) is 13.7. The zero-order valence-electron chi connectivity index (χ0n) is 22.7. The van der Waals surface area contributed by atoms with E-state index in [0.717, 1.165) is 27.2 Å². The Morgan fingerprint density at radius 3 is 2.60 bits per heavy atom. The summed E-state index contributed by atoms with van der Waals surface area (Å²) >= 11 is 3.54. The maximum absolute atomic E-state index is 12.8. The number of fused-ring (bicyclic) bond motifs is 1. The molecule has 1 N–H and O–H groups in total. The molecule has 40 heavy (non-hydrogen) atoms. The first kappa shape index (κ1) is 28.7. The Kier molecular flexibility index (Phi) is 9.46. The zero-order valence-corrected chi connectivity index (χ0v) is 25.7. The number of carbonyl (C=O) groups excluding carboxylic acids is 1. The van der Waals surface area contributed by atoms with E-state index in [4.69, 9.17) is 19.6 Å². The quantitative estimate of drug-likeness (QED) is 0.163. The van der Waals surface area contributed by atoms with E-state index in [1.54, 1.807) is 19.3 Å². The first-order chi connectivity index (χ1) is 19.5. The van der Waals surface area contributed by atoms with Crippen LogP contribution in [0.15, 0.2) is 52.1 Å². The second-order valence-corrected chi connectivity index (χ2v) is 12.1. The number of halogens is 1. The fraction of sp³-hybridized carbons (Fsp3) is 0.400. The molecule has 1 fully saturated rings. The maximum Gasteiger partial charge on any atom is 0.283 e. The number of methoxy groups -OCH3 is 1. The third-order valence-corrected chi connectivity index (χ3v) is 8.85. The number of carbonyl (C=O) groups is 1. The number of rotatable bonds is 10. The third-order valence-electron chi connectivity index (χ3n) is 7.08. The summed E-state index contributed by atoms with van der Waals surface area (Å²) in [6.45, 7) is 2.81. The van der Waals surface area contributed by atoms with E-state index in [-0.39, 0.29) is 11.4 Å². The first-order valence-corrected chi connectivity index (χ1v) is 15.6. The van der Waals surface area contributed by atoms with Crippen molar-refractivity contribution < 1.29 is 19.0 Å². The monoisotopic (exact) mass is 672 g/mol. The van der Waals surface area contributed by atoms with Gasteiger partial charge in [-0.15, -0.1) is 0 Å². The number of benzene rings is 2. The summed E-state index contributed by atoms with van der Waals surface area (Å²) in [4.78, 5) is 16.9. The third kappa shape index (κ3) is 6.54. The Balaban J connectivity index is 1.21. The van der Waals surface area contributed by atoms with Crippen molar-refractivity contribution in [3.63, 3.8) is 0 Å². The minimum absolute atomic E-state index is 0.0202. The molecule has 210 valence electrons. The summed E-state index contributed by atoms with van der Waals surface area (Å²) in [5.74, 6) is 2.23. The largest absolute Gasteiger partial charge is 0.493 e. The van der Waals surface area contributed by atoms with Gasteiger partial charge in [0, 0.05) is 0 Å². The van der Waals surface area contributed by atoms with Gasteiger partial charge in [-0.2, -0.15) is 15.1 Å². The summed E-state index contributed by atoms with van der Waals surface area (Å²) in [6.07, 6.45) is 9.94. The molecule has 0 spiro atoms. The second kappa shape index (κ2) is 13.2. The van der Waals surface area contributed by atoms with Crippen LogP contribution in [0.3, 0.4) is 0 Å². The van der Waals surface area contributed by atoms with Gasteiger partial charge < -0.3 is 14.2 Å². The van der Waals surface area contributed by atoms with Crippen LogP contribution in [0.25, 0.3) is 6.08 Å². The molecule has 0 unspecified atom stereocenters. The van der Waals surface area contributed by atoms with E-state index in [1.165, 1.54) is 54.4 Å². The normalized spacial score (nSPS) is 18.5. The van der Waals surface area contributed by atoms with Crippen LogP contribution in [-0.2, 0) is 4.79 Å². The summed E-state index contributed by atoms with van der Waals surface area (Å²) in [5.41, 5.74) is 2.29. The van der Waals surface area contributed by atoms with Gasteiger partial charge in [-0.25, -0.2) is 0 Å². The molecular formula is C30H33IN4O4S. The molecule has 0 atom stereocenters. The standard InChI is InChI=1S/C30H33IN4O4S/c1-3-7-26-34-35-28(32)23(29(36)33-30(35)40-26)16-19-17-24(31)27(25(18-19)37-2)39-15-14-38-22-12-10-21(11-13-22)20-8-5-4-6-9-20/h10-13,16-18,20,32H,3-9,14-15H2,1-2H3/b23-16-,32-28?. The number of hydrazone groups is 1. The number of thioether (sulfide) groups is 1. The van der Waals surface area contributed by atoms with Crippen LogP contribution in [0.2, 0.25) is 0 Å². The number of amidine groups is 2. The lowest BCUT2D eigenvalue weighted by molar-refractivity contribution is -0.114. The molecule has 1 aliphatic carbocycles. The average Bonchev–Trinajstić information content (AvgIpc) is 3.37. The van der Waals surface area contributed by atoms with Gasteiger partial charge in [0.05, 0.1) is 16.3 Å². The Hall–Kier alpha value is -2.86. The number of ether oxygens (including phenoxy) is 3. The molecule has 0 bridgehead atoms. The molecule has 0 aromatic heterocycles. The van der Waals surface area contributed by atoms with Crippen LogP contribution >= 0.6 is 34.4 Å². The Bertz CT molecular complexity index is 1370. The van der Waals surface area contributed by atoms with E-state index in [9.17, 15) is 4.79 Å². The molecule has 2 aliphatic heterocycles. The highest BCUT2D eigenvalue weighted by molar-refractivity contribution is 14.1. The van der Waals surface area contributed by atoms with Crippen LogP contribution in [0.1, 0.15) is 68.9 Å². The smallest absolute Gasteiger partial charge is 0.283 e. The Morgan fingerprint density at radius 1 is 1.12 bits per heavy atom. The van der Waals surface area contributed by atoms with E-state index in [1.807, 2.05) is 18.2 Å². The predicted octanol–water partition coefficient (Wildman–Crippen LogP) is 7.22. The number of amides is 1. The average molecular weight is 673 g/mol. The summed E-state index contributed by atoms with van der Waals surface area (Å²) in [6, 6.07) is 12.1. The van der Waals surface area contributed by atoms with Gasteiger partial charge in [0.15, 0.2) is 17.3 Å². The lowest BCUT2D eigenvalue weighted by Gasteiger charge is -2.22. The molecule has 0 radical (unpaired) electrons. The fourth-order valence-electron chi connectivity index (χ4n) is 5.05. The van der Waals surface area contributed by atoms with Crippen molar-refractivity contribution in [3.05, 3.63) is 56.7 Å². The summed E-state index contributed by atoms with van der Waals surface area (Å²) < 4.78 is 18.4. The fourth-order valence-corrected chi connectivity index (χ4v) is 6.82. The topological polar surface area (TPSA) is 96.6 Å². The number of hydrogen-bond donors (Lipinski definition) is 1. The van der Waals surface area contributed by atoms with Crippen molar-refractivity contribution in [1.82, 2.24) is 5.01 Å². The van der Waals surface area contributed by atoms with Gasteiger partial charge in [0.1, 0.15) is 24.0 Å². The number of nitrogens with one attached hydrogen (secondary N) is 1. The lowest BCUT2D eigenvalue weighted by atomic mass is 9.84. The van der Waals surface area contributed by atoms with Crippen molar-refractivity contribution in [2.45, 2.75) is 57.8 Å². The van der Waals surface area contributed by atoms with Gasteiger partial charge in [0.25, 0.3) is 5.91 Å². The molecule has 2 aromatic carbocycles. The van der Waals surface area contributed by atoms with Crippen LogP contribution in [0, 0.1) is 8.98 Å². The number of aliphatic imine (C=N–C) groups is 1. The van der Waals surface area contributed by atoms with Crippen molar-refractivity contribution in [2.24, 2.45) is 10.1 Å². The van der Waals surface area contributed by atoms with Crippen molar-refractivity contribution in [2.75, 3.05) is 20.3 Å². The second-order valence-electron chi connectivity index (χ2n) is 9.90. The summed E-state index contributed by atoms with van der Waals surface area (Å²) in [7, 11) is 1.58. The Morgan fingerprint density at radius 2 is 1.88 bits per heavy atom. The molecule has 5 rings (SSSR count). The summed E-state index contributed by atoms with van der Waals surface area (Å²) in [5, 5.41) is 15.8. The highest BCUT2D eigenvalue weighted by Crippen LogP contribution is 2.36. The molecule has 8 nitrogen and oxygen atoms in total. The highest BCUT2D eigenvalue weighted by Gasteiger charge is 2.35. The maximum atomic E-state index is 12.8. The molecule has 1 amide bonds. The minimum atomic E-state index is -0.449. The number of nitrogens with zero attached hydrogens (tertiary/aromatic N) is 3. The van der Waals surface area contributed by atoms with Gasteiger partial charge >= 0.3 is 0 Å². The van der Waals surface area contributed by atoms with E-state index >= 15 is 0 Å². The molecular weight excluding hydrogens is 639 g/mol. The van der Waals surface area contributed by atoms with E-state index in [0.29, 0.717) is 41.4 Å². The van der Waals surface area contributed by atoms with E-state index < -0.39 is 5.91 Å². The molecule has 2 aromatic rings. The van der Waals surface area contributed by atoms with Crippen molar-refractivity contribution >= 4 is 62.4 Å².